The lowest BCUT2D eigenvalue weighted by Gasteiger charge is -2.26. The summed E-state index contributed by atoms with van der Waals surface area (Å²) in [6.07, 6.45) is 3.41. The van der Waals surface area contributed by atoms with Crippen LogP contribution >= 0.6 is 0 Å². The third-order valence-electron chi connectivity index (χ3n) is 3.60. The summed E-state index contributed by atoms with van der Waals surface area (Å²) < 4.78 is 16.3. The number of ether oxygens (including phenoxy) is 3. The van der Waals surface area contributed by atoms with Gasteiger partial charge in [0.05, 0.1) is 6.61 Å². The van der Waals surface area contributed by atoms with Gasteiger partial charge < -0.3 is 19.1 Å². The van der Waals surface area contributed by atoms with Gasteiger partial charge in [0.1, 0.15) is 18.1 Å². The second-order valence-electron chi connectivity index (χ2n) is 5.25. The molecule has 0 aliphatic carbocycles. The van der Waals surface area contributed by atoms with Crippen LogP contribution in [0.3, 0.4) is 0 Å². The predicted octanol–water partition coefficient (Wildman–Crippen LogP) is 2.49. The first kappa shape index (κ1) is 16.6. The first-order chi connectivity index (χ1) is 10.8. The quantitative estimate of drug-likeness (QED) is 0.692. The van der Waals surface area contributed by atoms with Gasteiger partial charge in [0.15, 0.2) is 6.61 Å². The summed E-state index contributed by atoms with van der Waals surface area (Å²) in [6, 6.07) is 7.32. The first-order valence-electron chi connectivity index (χ1n) is 8.01. The molecular weight excluding hydrogens is 282 g/mol. The van der Waals surface area contributed by atoms with Gasteiger partial charge in [-0.1, -0.05) is 0 Å². The summed E-state index contributed by atoms with van der Waals surface area (Å²) in [7, 11) is 0. The van der Waals surface area contributed by atoms with Crippen LogP contribution < -0.4 is 9.47 Å². The molecule has 5 nitrogen and oxygen atoms in total. The average Bonchev–Trinajstić information content (AvgIpc) is 2.58. The van der Waals surface area contributed by atoms with E-state index in [0.717, 1.165) is 31.7 Å². The molecule has 0 radical (unpaired) electrons. The van der Waals surface area contributed by atoms with Crippen LogP contribution in [0, 0.1) is 0 Å². The SMILES string of the molecule is CCOCCOc1ccc(OCC(=O)N2CCCCC2)cc1. The maximum absolute atomic E-state index is 12.0. The van der Waals surface area contributed by atoms with E-state index in [-0.39, 0.29) is 12.5 Å². The van der Waals surface area contributed by atoms with Crippen molar-refractivity contribution < 1.29 is 19.0 Å². The Morgan fingerprint density at radius 3 is 2.27 bits per heavy atom. The summed E-state index contributed by atoms with van der Waals surface area (Å²) in [5.41, 5.74) is 0. The highest BCUT2D eigenvalue weighted by Gasteiger charge is 2.16. The fraction of sp³-hybridized carbons (Fsp3) is 0.588. The van der Waals surface area contributed by atoms with Gasteiger partial charge >= 0.3 is 0 Å². The molecule has 1 heterocycles. The van der Waals surface area contributed by atoms with E-state index in [0.29, 0.717) is 25.6 Å². The van der Waals surface area contributed by atoms with E-state index in [1.165, 1.54) is 6.42 Å². The number of benzene rings is 1. The third kappa shape index (κ3) is 5.56. The zero-order chi connectivity index (χ0) is 15.6. The first-order valence-corrected chi connectivity index (χ1v) is 8.01. The molecule has 0 spiro atoms. The zero-order valence-electron chi connectivity index (χ0n) is 13.3. The highest BCUT2D eigenvalue weighted by atomic mass is 16.5. The smallest absolute Gasteiger partial charge is 0.260 e. The highest BCUT2D eigenvalue weighted by Crippen LogP contribution is 2.18. The van der Waals surface area contributed by atoms with E-state index in [1.54, 1.807) is 0 Å². The molecule has 1 aliphatic heterocycles. The molecule has 0 saturated carbocycles. The number of nitrogens with zero attached hydrogens (tertiary/aromatic N) is 1. The van der Waals surface area contributed by atoms with E-state index < -0.39 is 0 Å². The van der Waals surface area contributed by atoms with Crippen LogP contribution in [0.1, 0.15) is 26.2 Å². The number of hydrogen-bond donors (Lipinski definition) is 0. The van der Waals surface area contributed by atoms with Crippen LogP contribution in [-0.2, 0) is 9.53 Å². The number of piperidine rings is 1. The molecule has 1 fully saturated rings. The van der Waals surface area contributed by atoms with Crippen molar-refractivity contribution in [2.24, 2.45) is 0 Å². The molecule has 0 bridgehead atoms. The molecule has 0 N–H and O–H groups in total. The van der Waals surface area contributed by atoms with Crippen molar-refractivity contribution in [3.63, 3.8) is 0 Å². The van der Waals surface area contributed by atoms with Crippen molar-refractivity contribution in [2.75, 3.05) is 39.5 Å². The molecule has 2 rings (SSSR count). The number of likely N-dealkylation sites (tertiary alicyclic amines) is 1. The standard InChI is InChI=1S/C17H25NO4/c1-2-20-12-13-21-15-6-8-16(9-7-15)22-14-17(19)18-10-4-3-5-11-18/h6-9H,2-5,10-14H2,1H3. The number of carbonyl (C=O) groups is 1. The average molecular weight is 307 g/mol. The van der Waals surface area contributed by atoms with Gasteiger partial charge in [0, 0.05) is 19.7 Å². The van der Waals surface area contributed by atoms with Gasteiger partial charge in [-0.25, -0.2) is 0 Å². The topological polar surface area (TPSA) is 48.0 Å². The lowest BCUT2D eigenvalue weighted by atomic mass is 10.1. The van der Waals surface area contributed by atoms with E-state index >= 15 is 0 Å². The second kappa shape index (κ2) is 9.30. The minimum Gasteiger partial charge on any atom is -0.491 e. The Bertz CT molecular complexity index is 440. The van der Waals surface area contributed by atoms with E-state index in [2.05, 4.69) is 0 Å². The fourth-order valence-corrected chi connectivity index (χ4v) is 2.37. The lowest BCUT2D eigenvalue weighted by Crippen LogP contribution is -2.38. The van der Waals surface area contributed by atoms with E-state index in [1.807, 2.05) is 36.1 Å². The minimum atomic E-state index is 0.0664. The summed E-state index contributed by atoms with van der Waals surface area (Å²) >= 11 is 0. The molecule has 1 saturated heterocycles. The van der Waals surface area contributed by atoms with E-state index in [4.69, 9.17) is 14.2 Å². The lowest BCUT2D eigenvalue weighted by molar-refractivity contribution is -0.134. The molecule has 122 valence electrons. The summed E-state index contributed by atoms with van der Waals surface area (Å²) in [6.45, 7) is 5.58. The third-order valence-corrected chi connectivity index (χ3v) is 3.60. The molecule has 1 amide bonds. The normalized spacial score (nSPS) is 14.7. The Morgan fingerprint density at radius 2 is 1.64 bits per heavy atom. The van der Waals surface area contributed by atoms with Gasteiger partial charge in [0.25, 0.3) is 5.91 Å². The summed E-state index contributed by atoms with van der Waals surface area (Å²) in [5.74, 6) is 1.52. The Kier molecular flexibility index (Phi) is 7.03. The Balaban J connectivity index is 1.70. The summed E-state index contributed by atoms with van der Waals surface area (Å²) in [4.78, 5) is 13.9. The largest absolute Gasteiger partial charge is 0.491 e. The molecule has 0 atom stereocenters. The molecule has 1 aromatic rings. The Labute approximate surface area is 132 Å². The molecule has 0 aromatic heterocycles. The molecular formula is C17H25NO4. The predicted molar refractivity (Wildman–Crippen MR) is 84.4 cm³/mol. The fourth-order valence-electron chi connectivity index (χ4n) is 2.37. The van der Waals surface area contributed by atoms with Gasteiger partial charge in [-0.15, -0.1) is 0 Å². The van der Waals surface area contributed by atoms with Gasteiger partial charge in [-0.05, 0) is 50.5 Å². The van der Waals surface area contributed by atoms with Gasteiger partial charge in [-0.3, -0.25) is 4.79 Å². The van der Waals surface area contributed by atoms with Crippen molar-refractivity contribution in [3.05, 3.63) is 24.3 Å². The number of amides is 1. The molecule has 1 aliphatic rings. The zero-order valence-corrected chi connectivity index (χ0v) is 13.3. The van der Waals surface area contributed by atoms with E-state index in [9.17, 15) is 4.79 Å². The molecule has 0 unspecified atom stereocenters. The number of carbonyl (C=O) groups excluding carboxylic acids is 1. The van der Waals surface area contributed by atoms with Crippen molar-refractivity contribution in [3.8, 4) is 11.5 Å². The van der Waals surface area contributed by atoms with Crippen LogP contribution in [-0.4, -0.2) is 50.3 Å². The number of hydrogen-bond acceptors (Lipinski definition) is 4. The van der Waals surface area contributed by atoms with Crippen LogP contribution in [0.4, 0.5) is 0 Å². The van der Waals surface area contributed by atoms with Crippen molar-refractivity contribution in [2.45, 2.75) is 26.2 Å². The minimum absolute atomic E-state index is 0.0664. The van der Waals surface area contributed by atoms with Crippen LogP contribution in [0.15, 0.2) is 24.3 Å². The maximum atomic E-state index is 12.0. The van der Waals surface area contributed by atoms with Crippen LogP contribution in [0.5, 0.6) is 11.5 Å². The monoisotopic (exact) mass is 307 g/mol. The van der Waals surface area contributed by atoms with Gasteiger partial charge in [-0.2, -0.15) is 0 Å². The van der Waals surface area contributed by atoms with Crippen LogP contribution in [0.2, 0.25) is 0 Å². The highest BCUT2D eigenvalue weighted by molar-refractivity contribution is 5.77. The Morgan fingerprint density at radius 1 is 1.00 bits per heavy atom. The molecule has 1 aromatic carbocycles. The molecule has 22 heavy (non-hydrogen) atoms. The van der Waals surface area contributed by atoms with Crippen molar-refractivity contribution in [1.29, 1.82) is 0 Å². The van der Waals surface area contributed by atoms with Gasteiger partial charge in [0.2, 0.25) is 0 Å². The maximum Gasteiger partial charge on any atom is 0.260 e. The van der Waals surface area contributed by atoms with Crippen LogP contribution in [0.25, 0.3) is 0 Å². The molecule has 5 heteroatoms. The van der Waals surface area contributed by atoms with Crippen molar-refractivity contribution >= 4 is 5.91 Å². The second-order valence-corrected chi connectivity index (χ2v) is 5.25. The Hall–Kier alpha value is -1.75. The summed E-state index contributed by atoms with van der Waals surface area (Å²) in [5, 5.41) is 0. The van der Waals surface area contributed by atoms with Crippen molar-refractivity contribution in [1.82, 2.24) is 4.90 Å². The number of rotatable bonds is 8.